The van der Waals surface area contributed by atoms with Crippen molar-refractivity contribution >= 4 is 22.9 Å². The molecule has 156 valence electrons. The summed E-state index contributed by atoms with van der Waals surface area (Å²) in [6.45, 7) is 8.72. The summed E-state index contributed by atoms with van der Waals surface area (Å²) < 4.78 is 54.0. The number of halogens is 4. The van der Waals surface area contributed by atoms with Gasteiger partial charge >= 0.3 is 6.18 Å². The van der Waals surface area contributed by atoms with Gasteiger partial charge in [0.25, 0.3) is 0 Å². The van der Waals surface area contributed by atoms with Crippen LogP contribution in [0.3, 0.4) is 0 Å². The van der Waals surface area contributed by atoms with Crippen molar-refractivity contribution in [2.24, 2.45) is 0 Å². The van der Waals surface area contributed by atoms with E-state index in [9.17, 15) is 22.8 Å². The van der Waals surface area contributed by atoms with Gasteiger partial charge in [0.05, 0.1) is 22.7 Å². The van der Waals surface area contributed by atoms with Gasteiger partial charge in [-0.25, -0.2) is 4.39 Å². The maximum absolute atomic E-state index is 15.0. The van der Waals surface area contributed by atoms with E-state index >= 15 is 0 Å². The third kappa shape index (κ3) is 3.97. The summed E-state index contributed by atoms with van der Waals surface area (Å²) in [6, 6.07) is 9.47. The van der Waals surface area contributed by atoms with Gasteiger partial charge in [-0.1, -0.05) is 18.2 Å². The number of nitriles is 1. The first kappa shape index (κ1) is 21.6. The average molecular weight is 414 g/mol. The molecule has 3 rings (SSSR count). The van der Waals surface area contributed by atoms with Crippen LogP contribution in [0.5, 0.6) is 0 Å². The Labute approximate surface area is 173 Å². The smallest absolute Gasteiger partial charge is 0.363 e. The van der Waals surface area contributed by atoms with Crippen molar-refractivity contribution in [1.29, 1.82) is 5.26 Å². The highest BCUT2D eigenvalue weighted by molar-refractivity contribution is 5.91. The lowest BCUT2D eigenvalue weighted by molar-refractivity contribution is -0.137. The monoisotopic (exact) mass is 414 g/mol. The molecular formula is C24H22F4N2. The summed E-state index contributed by atoms with van der Waals surface area (Å²) in [5.41, 5.74) is 1.66. The van der Waals surface area contributed by atoms with Gasteiger partial charge in [0.2, 0.25) is 0 Å². The third-order valence-electron chi connectivity index (χ3n) is 5.33. The Morgan fingerprint density at radius 1 is 1.20 bits per heavy atom. The standard InChI is InChI=1S/C24H22F4N2/c1-5-30-22-12-21(25)17(11-20(22)15(2)13-23(30,3)4)9-18(14-29)16-7-6-8-19(10-16)24(26,27)28/h6-13H,5H2,1-4H3/b18-9+. The average Bonchev–Trinajstić information content (AvgIpc) is 2.66. The van der Waals surface area contributed by atoms with E-state index in [0.29, 0.717) is 6.54 Å². The molecule has 1 heterocycles. The Bertz CT molecular complexity index is 1090. The Hall–Kier alpha value is -3.07. The Balaban J connectivity index is 2.12. The van der Waals surface area contributed by atoms with Crippen LogP contribution < -0.4 is 4.90 Å². The lowest BCUT2D eigenvalue weighted by Gasteiger charge is -2.43. The first-order valence-corrected chi connectivity index (χ1v) is 9.58. The number of rotatable bonds is 3. The maximum atomic E-state index is 15.0. The van der Waals surface area contributed by atoms with Crippen LogP contribution in [0.4, 0.5) is 23.2 Å². The van der Waals surface area contributed by atoms with Gasteiger partial charge in [-0.2, -0.15) is 18.4 Å². The van der Waals surface area contributed by atoms with Crippen molar-refractivity contribution in [3.8, 4) is 6.07 Å². The Morgan fingerprint density at radius 2 is 1.90 bits per heavy atom. The SMILES string of the molecule is CCN1c2cc(F)c(/C=C(\C#N)c3cccc(C(F)(F)F)c3)cc2C(C)=CC1(C)C. The van der Waals surface area contributed by atoms with Crippen molar-refractivity contribution in [3.05, 3.63) is 70.5 Å². The largest absolute Gasteiger partial charge is 0.416 e. The molecule has 0 aliphatic carbocycles. The van der Waals surface area contributed by atoms with Gasteiger partial charge < -0.3 is 4.90 Å². The molecule has 0 bridgehead atoms. The van der Waals surface area contributed by atoms with Gasteiger partial charge in [-0.05, 0) is 69.2 Å². The summed E-state index contributed by atoms with van der Waals surface area (Å²) in [5.74, 6) is -0.530. The van der Waals surface area contributed by atoms with Crippen molar-refractivity contribution in [2.45, 2.75) is 39.4 Å². The van der Waals surface area contributed by atoms with Crippen LogP contribution in [-0.2, 0) is 6.18 Å². The van der Waals surface area contributed by atoms with Crippen LogP contribution >= 0.6 is 0 Å². The fourth-order valence-electron chi connectivity index (χ4n) is 4.00. The number of anilines is 1. The zero-order valence-electron chi connectivity index (χ0n) is 17.2. The summed E-state index contributed by atoms with van der Waals surface area (Å²) in [7, 11) is 0. The molecule has 0 N–H and O–H groups in total. The molecule has 0 atom stereocenters. The second-order valence-corrected chi connectivity index (χ2v) is 7.86. The molecule has 0 amide bonds. The Morgan fingerprint density at radius 3 is 2.50 bits per heavy atom. The first-order chi connectivity index (χ1) is 14.0. The zero-order valence-corrected chi connectivity index (χ0v) is 17.2. The van der Waals surface area contributed by atoms with Gasteiger partial charge in [0, 0.05) is 23.4 Å². The van der Waals surface area contributed by atoms with Crippen LogP contribution in [0.25, 0.3) is 17.2 Å². The molecule has 1 aliphatic heterocycles. The molecule has 0 unspecified atom stereocenters. The first-order valence-electron chi connectivity index (χ1n) is 9.58. The molecule has 2 aromatic rings. The van der Waals surface area contributed by atoms with E-state index < -0.39 is 17.6 Å². The minimum Gasteiger partial charge on any atom is -0.363 e. The molecule has 6 heteroatoms. The van der Waals surface area contributed by atoms with Gasteiger partial charge in [0.15, 0.2) is 0 Å². The van der Waals surface area contributed by atoms with E-state index in [1.807, 2.05) is 19.9 Å². The van der Waals surface area contributed by atoms with Crippen molar-refractivity contribution in [1.82, 2.24) is 0 Å². The maximum Gasteiger partial charge on any atom is 0.416 e. The fraction of sp³-hybridized carbons (Fsp3) is 0.292. The zero-order chi connectivity index (χ0) is 22.3. The van der Waals surface area contributed by atoms with E-state index in [1.54, 1.807) is 6.07 Å². The van der Waals surface area contributed by atoms with Crippen molar-refractivity contribution in [3.63, 3.8) is 0 Å². The summed E-state index contributed by atoms with van der Waals surface area (Å²) in [5, 5.41) is 9.52. The third-order valence-corrected chi connectivity index (χ3v) is 5.33. The molecular weight excluding hydrogens is 392 g/mol. The lowest BCUT2D eigenvalue weighted by Crippen LogP contribution is -2.45. The molecule has 0 spiro atoms. The number of likely N-dealkylation sites (N-methyl/N-ethyl adjacent to an activating group) is 1. The molecule has 2 nitrogen and oxygen atoms in total. The number of alkyl halides is 3. The highest BCUT2D eigenvalue weighted by Gasteiger charge is 2.32. The molecule has 0 radical (unpaired) electrons. The van der Waals surface area contributed by atoms with Crippen LogP contribution in [0.2, 0.25) is 0 Å². The second-order valence-electron chi connectivity index (χ2n) is 7.86. The topological polar surface area (TPSA) is 27.0 Å². The predicted octanol–water partition coefficient (Wildman–Crippen LogP) is 6.93. The quantitative estimate of drug-likeness (QED) is 0.309. The molecule has 2 aromatic carbocycles. The van der Waals surface area contributed by atoms with Crippen LogP contribution in [0, 0.1) is 17.1 Å². The number of hydrogen-bond donors (Lipinski definition) is 0. The fourth-order valence-corrected chi connectivity index (χ4v) is 4.00. The summed E-state index contributed by atoms with van der Waals surface area (Å²) in [6.07, 6.45) is -1.12. The minimum atomic E-state index is -4.52. The van der Waals surface area contributed by atoms with Crippen LogP contribution in [-0.4, -0.2) is 12.1 Å². The Kier molecular flexibility index (Phi) is 5.51. The van der Waals surface area contributed by atoms with Crippen molar-refractivity contribution < 1.29 is 17.6 Å². The van der Waals surface area contributed by atoms with Crippen LogP contribution in [0.1, 0.15) is 49.9 Å². The molecule has 0 fully saturated rings. The van der Waals surface area contributed by atoms with E-state index in [1.165, 1.54) is 24.3 Å². The van der Waals surface area contributed by atoms with Gasteiger partial charge in [0.1, 0.15) is 5.82 Å². The van der Waals surface area contributed by atoms with Gasteiger partial charge in [-0.15, -0.1) is 0 Å². The molecule has 0 aromatic heterocycles. The van der Waals surface area contributed by atoms with E-state index in [-0.39, 0.29) is 22.2 Å². The van der Waals surface area contributed by atoms with E-state index in [4.69, 9.17) is 0 Å². The normalized spacial score (nSPS) is 16.0. The number of hydrogen-bond acceptors (Lipinski definition) is 2. The molecule has 1 aliphatic rings. The second kappa shape index (κ2) is 7.64. The predicted molar refractivity (Wildman–Crippen MR) is 112 cm³/mol. The van der Waals surface area contributed by atoms with Crippen molar-refractivity contribution in [2.75, 3.05) is 11.4 Å². The lowest BCUT2D eigenvalue weighted by atomic mass is 9.87. The summed E-state index contributed by atoms with van der Waals surface area (Å²) >= 11 is 0. The van der Waals surface area contributed by atoms with E-state index in [2.05, 4.69) is 24.8 Å². The summed E-state index contributed by atoms with van der Waals surface area (Å²) in [4.78, 5) is 2.09. The highest BCUT2D eigenvalue weighted by atomic mass is 19.4. The van der Waals surface area contributed by atoms with Gasteiger partial charge in [-0.3, -0.25) is 0 Å². The number of fused-ring (bicyclic) bond motifs is 1. The molecule has 30 heavy (non-hydrogen) atoms. The number of allylic oxidation sites excluding steroid dienone is 2. The molecule has 0 saturated carbocycles. The van der Waals surface area contributed by atoms with E-state index in [0.717, 1.165) is 29.0 Å². The van der Waals surface area contributed by atoms with Crippen LogP contribution in [0.15, 0.2) is 42.5 Å². The number of nitrogens with zero attached hydrogens (tertiary/aromatic N) is 2. The number of benzene rings is 2. The molecule has 0 saturated heterocycles. The minimum absolute atomic E-state index is 0.0370. The highest BCUT2D eigenvalue weighted by Crippen LogP contribution is 2.40.